The molecule has 1 aliphatic rings. The first-order chi connectivity index (χ1) is 10.0. The Morgan fingerprint density at radius 3 is 2.76 bits per heavy atom. The van der Waals surface area contributed by atoms with Crippen LogP contribution in [-0.2, 0) is 16.0 Å². The lowest BCUT2D eigenvalue weighted by Gasteiger charge is -2.41. The molecule has 0 radical (unpaired) electrons. The van der Waals surface area contributed by atoms with Gasteiger partial charge in [-0.1, -0.05) is 6.42 Å². The van der Waals surface area contributed by atoms with Crippen molar-refractivity contribution in [1.82, 2.24) is 5.32 Å². The number of hydrogen-bond donors (Lipinski definition) is 1. The monoisotopic (exact) mass is 297 g/mol. The van der Waals surface area contributed by atoms with Crippen molar-refractivity contribution in [3.63, 3.8) is 0 Å². The molecule has 0 aliphatic heterocycles. The quantitative estimate of drug-likeness (QED) is 0.840. The summed E-state index contributed by atoms with van der Waals surface area (Å²) < 4.78 is 32.0. The molecule has 0 heterocycles. The van der Waals surface area contributed by atoms with Gasteiger partial charge in [0.1, 0.15) is 11.6 Å². The number of benzene rings is 1. The van der Waals surface area contributed by atoms with E-state index in [1.54, 1.807) is 0 Å². The second-order valence-electron chi connectivity index (χ2n) is 5.68. The molecule has 116 valence electrons. The molecule has 0 atom stereocenters. The molecule has 1 saturated carbocycles. The van der Waals surface area contributed by atoms with E-state index in [1.807, 2.05) is 6.92 Å². The SMILES string of the molecule is CCOCC1(CNC(=O)Cc2cc(F)ccc2F)CCC1. The smallest absolute Gasteiger partial charge is 0.224 e. The van der Waals surface area contributed by atoms with Gasteiger partial charge in [-0.3, -0.25) is 4.79 Å². The van der Waals surface area contributed by atoms with Gasteiger partial charge in [0.2, 0.25) is 5.91 Å². The van der Waals surface area contributed by atoms with Crippen LogP contribution in [0.5, 0.6) is 0 Å². The van der Waals surface area contributed by atoms with Crippen molar-refractivity contribution in [2.24, 2.45) is 5.41 Å². The normalized spacial score (nSPS) is 16.3. The first-order valence-corrected chi connectivity index (χ1v) is 7.33. The number of rotatable bonds is 7. The summed E-state index contributed by atoms with van der Waals surface area (Å²) in [4.78, 5) is 11.9. The van der Waals surface area contributed by atoms with Crippen LogP contribution in [0.4, 0.5) is 8.78 Å². The predicted molar refractivity (Wildman–Crippen MR) is 75.8 cm³/mol. The minimum Gasteiger partial charge on any atom is -0.381 e. The molecule has 5 heteroatoms. The van der Waals surface area contributed by atoms with Crippen LogP contribution in [0.2, 0.25) is 0 Å². The van der Waals surface area contributed by atoms with Crippen molar-refractivity contribution in [2.45, 2.75) is 32.6 Å². The third kappa shape index (κ3) is 4.24. The number of amides is 1. The van der Waals surface area contributed by atoms with E-state index in [9.17, 15) is 13.6 Å². The van der Waals surface area contributed by atoms with Gasteiger partial charge in [0, 0.05) is 24.1 Å². The fourth-order valence-corrected chi connectivity index (χ4v) is 2.57. The summed E-state index contributed by atoms with van der Waals surface area (Å²) in [6, 6.07) is 3.15. The van der Waals surface area contributed by atoms with Crippen molar-refractivity contribution < 1.29 is 18.3 Å². The van der Waals surface area contributed by atoms with Crippen LogP contribution in [0.15, 0.2) is 18.2 Å². The van der Waals surface area contributed by atoms with E-state index in [4.69, 9.17) is 4.74 Å². The zero-order valence-corrected chi connectivity index (χ0v) is 12.3. The summed E-state index contributed by atoms with van der Waals surface area (Å²) in [5.74, 6) is -1.38. The van der Waals surface area contributed by atoms with E-state index < -0.39 is 11.6 Å². The topological polar surface area (TPSA) is 38.3 Å². The Labute approximate surface area is 123 Å². The van der Waals surface area contributed by atoms with Gasteiger partial charge in [0.25, 0.3) is 0 Å². The van der Waals surface area contributed by atoms with Crippen LogP contribution in [0.25, 0.3) is 0 Å². The van der Waals surface area contributed by atoms with Crippen molar-refractivity contribution in [3.05, 3.63) is 35.4 Å². The zero-order chi connectivity index (χ0) is 15.3. The summed E-state index contributed by atoms with van der Waals surface area (Å²) in [5, 5.41) is 2.82. The summed E-state index contributed by atoms with van der Waals surface area (Å²) >= 11 is 0. The number of ether oxygens (including phenoxy) is 1. The lowest BCUT2D eigenvalue weighted by molar-refractivity contribution is -0.121. The zero-order valence-electron chi connectivity index (χ0n) is 12.3. The van der Waals surface area contributed by atoms with E-state index in [2.05, 4.69) is 5.32 Å². The maximum Gasteiger partial charge on any atom is 0.224 e. The van der Waals surface area contributed by atoms with E-state index in [0.717, 1.165) is 37.5 Å². The maximum atomic E-state index is 13.5. The average molecular weight is 297 g/mol. The molecule has 0 spiro atoms. The Kier molecular flexibility index (Phi) is 5.28. The lowest BCUT2D eigenvalue weighted by Crippen LogP contribution is -2.45. The molecule has 1 N–H and O–H groups in total. The fourth-order valence-electron chi connectivity index (χ4n) is 2.57. The van der Waals surface area contributed by atoms with Crippen LogP contribution < -0.4 is 5.32 Å². The largest absolute Gasteiger partial charge is 0.381 e. The Bertz CT molecular complexity index is 501. The molecule has 2 rings (SSSR count). The van der Waals surface area contributed by atoms with Crippen LogP contribution >= 0.6 is 0 Å². The molecule has 0 saturated heterocycles. The Balaban J connectivity index is 1.85. The van der Waals surface area contributed by atoms with Crippen LogP contribution in [0.3, 0.4) is 0 Å². The highest BCUT2D eigenvalue weighted by molar-refractivity contribution is 5.78. The molecule has 0 bridgehead atoms. The average Bonchev–Trinajstić information content (AvgIpc) is 2.41. The van der Waals surface area contributed by atoms with E-state index in [0.29, 0.717) is 19.8 Å². The standard InChI is InChI=1S/C16H21F2NO2/c1-2-21-11-16(6-3-7-16)10-19-15(20)9-12-8-13(17)4-5-14(12)18/h4-5,8H,2-3,6-7,9-11H2,1H3,(H,19,20). The number of carbonyl (C=O) groups excluding carboxylic acids is 1. The highest BCUT2D eigenvalue weighted by Gasteiger charge is 2.37. The number of nitrogens with one attached hydrogen (secondary N) is 1. The van der Waals surface area contributed by atoms with Gasteiger partial charge in [-0.05, 0) is 38.0 Å². The van der Waals surface area contributed by atoms with Crippen molar-refractivity contribution >= 4 is 5.91 Å². The first kappa shape index (κ1) is 15.9. The summed E-state index contributed by atoms with van der Waals surface area (Å²) in [6.45, 7) is 3.77. The molecule has 1 aromatic carbocycles. The molecular weight excluding hydrogens is 276 g/mol. The lowest BCUT2D eigenvalue weighted by atomic mass is 9.69. The Hall–Kier alpha value is -1.49. The van der Waals surface area contributed by atoms with Gasteiger partial charge < -0.3 is 10.1 Å². The van der Waals surface area contributed by atoms with Crippen molar-refractivity contribution in [2.75, 3.05) is 19.8 Å². The highest BCUT2D eigenvalue weighted by Crippen LogP contribution is 2.40. The van der Waals surface area contributed by atoms with Gasteiger partial charge in [-0.2, -0.15) is 0 Å². The summed E-state index contributed by atoms with van der Waals surface area (Å²) in [6.07, 6.45) is 3.05. The molecular formula is C16H21F2NO2. The van der Waals surface area contributed by atoms with Gasteiger partial charge >= 0.3 is 0 Å². The van der Waals surface area contributed by atoms with Gasteiger partial charge in [0.15, 0.2) is 0 Å². The van der Waals surface area contributed by atoms with Gasteiger partial charge in [0.05, 0.1) is 13.0 Å². The predicted octanol–water partition coefficient (Wildman–Crippen LogP) is 2.83. The third-order valence-electron chi connectivity index (χ3n) is 4.05. The minimum absolute atomic E-state index is 0.0200. The molecule has 1 aliphatic carbocycles. The second-order valence-corrected chi connectivity index (χ2v) is 5.68. The second kappa shape index (κ2) is 6.98. The summed E-state index contributed by atoms with van der Waals surface area (Å²) in [5.41, 5.74) is 0.103. The number of carbonyl (C=O) groups is 1. The number of halogens is 2. The van der Waals surface area contributed by atoms with Crippen molar-refractivity contribution in [1.29, 1.82) is 0 Å². The molecule has 1 aromatic rings. The molecule has 3 nitrogen and oxygen atoms in total. The maximum absolute atomic E-state index is 13.5. The first-order valence-electron chi connectivity index (χ1n) is 7.33. The number of hydrogen-bond acceptors (Lipinski definition) is 2. The van der Waals surface area contributed by atoms with E-state index in [1.165, 1.54) is 0 Å². The molecule has 1 fully saturated rings. The van der Waals surface area contributed by atoms with Crippen LogP contribution in [0.1, 0.15) is 31.7 Å². The Morgan fingerprint density at radius 2 is 2.14 bits per heavy atom. The van der Waals surface area contributed by atoms with Gasteiger partial charge in [-0.15, -0.1) is 0 Å². The van der Waals surface area contributed by atoms with Crippen LogP contribution in [-0.4, -0.2) is 25.7 Å². The molecule has 21 heavy (non-hydrogen) atoms. The minimum atomic E-state index is -0.556. The molecule has 0 aromatic heterocycles. The van der Waals surface area contributed by atoms with Crippen molar-refractivity contribution in [3.8, 4) is 0 Å². The van der Waals surface area contributed by atoms with Crippen LogP contribution in [0, 0.1) is 17.0 Å². The highest BCUT2D eigenvalue weighted by atomic mass is 19.1. The molecule has 1 amide bonds. The Morgan fingerprint density at radius 1 is 1.38 bits per heavy atom. The van der Waals surface area contributed by atoms with E-state index >= 15 is 0 Å². The summed E-state index contributed by atoms with van der Waals surface area (Å²) in [7, 11) is 0. The molecule has 0 unspecified atom stereocenters. The fraction of sp³-hybridized carbons (Fsp3) is 0.562. The third-order valence-corrected chi connectivity index (χ3v) is 4.05. The van der Waals surface area contributed by atoms with E-state index in [-0.39, 0.29) is 23.3 Å². The van der Waals surface area contributed by atoms with Gasteiger partial charge in [-0.25, -0.2) is 8.78 Å².